The number of halogens is 3. The summed E-state index contributed by atoms with van der Waals surface area (Å²) in [5, 5.41) is 14.1. The summed E-state index contributed by atoms with van der Waals surface area (Å²) in [7, 11) is 0. The first-order valence-corrected chi connectivity index (χ1v) is 14.8. The molecule has 11 heteroatoms. The minimum absolute atomic E-state index is 0.109. The number of piperidine rings is 1. The van der Waals surface area contributed by atoms with Crippen LogP contribution in [0.1, 0.15) is 51.2 Å². The number of fused-ring (bicyclic) bond motifs is 1. The van der Waals surface area contributed by atoms with E-state index in [4.69, 9.17) is 0 Å². The van der Waals surface area contributed by atoms with Crippen molar-refractivity contribution in [3.8, 4) is 0 Å². The summed E-state index contributed by atoms with van der Waals surface area (Å²) in [5.41, 5.74) is 0.733. The van der Waals surface area contributed by atoms with E-state index >= 15 is 0 Å². The lowest BCUT2D eigenvalue weighted by Gasteiger charge is -2.33. The molecule has 1 amide bonds. The summed E-state index contributed by atoms with van der Waals surface area (Å²) in [6.07, 6.45) is -3.15. The molecule has 3 aliphatic heterocycles. The van der Waals surface area contributed by atoms with Crippen molar-refractivity contribution in [1.82, 2.24) is 9.80 Å². The number of likely N-dealkylation sites (tertiary alicyclic amines) is 2. The maximum absolute atomic E-state index is 13.3. The highest BCUT2D eigenvalue weighted by atomic mass is 19.4. The normalized spacial score (nSPS) is 22.0. The minimum Gasteiger partial charge on any atom is -0.382 e. The van der Waals surface area contributed by atoms with Gasteiger partial charge >= 0.3 is 6.18 Å². The zero-order valence-corrected chi connectivity index (χ0v) is 24.5. The Balaban J connectivity index is 1.04. The molecule has 5 rings (SSSR count). The fraction of sp³-hybridized carbons (Fsp3) is 0.581. The first kappa shape index (κ1) is 30.1. The Morgan fingerprint density at radius 2 is 1.60 bits per heavy atom. The van der Waals surface area contributed by atoms with Crippen LogP contribution in [0, 0.1) is 22.0 Å². The number of rotatable bonds is 7. The third kappa shape index (κ3) is 6.82. The Morgan fingerprint density at radius 1 is 0.976 bits per heavy atom. The second-order valence-corrected chi connectivity index (χ2v) is 13.0. The van der Waals surface area contributed by atoms with E-state index in [-0.39, 0.29) is 23.1 Å². The topological polar surface area (TPSA) is 82.0 Å². The van der Waals surface area contributed by atoms with Crippen LogP contribution in [-0.2, 0) is 16.4 Å². The van der Waals surface area contributed by atoms with E-state index in [0.717, 1.165) is 44.9 Å². The van der Waals surface area contributed by atoms with Gasteiger partial charge in [-0.15, -0.1) is 0 Å². The zero-order chi connectivity index (χ0) is 30.2. The van der Waals surface area contributed by atoms with Gasteiger partial charge in [0.1, 0.15) is 5.56 Å². The molecule has 0 spiro atoms. The van der Waals surface area contributed by atoms with E-state index in [9.17, 15) is 28.1 Å². The molecular weight excluding hydrogens is 547 g/mol. The van der Waals surface area contributed by atoms with Crippen molar-refractivity contribution in [3.63, 3.8) is 0 Å². The van der Waals surface area contributed by atoms with E-state index in [1.54, 1.807) is 0 Å². The predicted molar refractivity (Wildman–Crippen MR) is 157 cm³/mol. The molecule has 2 aromatic carbocycles. The van der Waals surface area contributed by atoms with Crippen LogP contribution in [0.2, 0.25) is 0 Å². The molecule has 42 heavy (non-hydrogen) atoms. The van der Waals surface area contributed by atoms with Gasteiger partial charge in [0, 0.05) is 75.7 Å². The number of benzene rings is 2. The molecule has 0 radical (unpaired) electrons. The molecule has 0 aliphatic carbocycles. The number of anilines is 2. The molecule has 228 valence electrons. The zero-order valence-electron chi connectivity index (χ0n) is 24.5. The molecule has 3 heterocycles. The summed E-state index contributed by atoms with van der Waals surface area (Å²) in [4.78, 5) is 29.7. The maximum atomic E-state index is 13.3. The molecule has 3 saturated heterocycles. The molecular formula is C31H40F3N5O3. The van der Waals surface area contributed by atoms with Gasteiger partial charge in [-0.05, 0) is 59.9 Å². The van der Waals surface area contributed by atoms with Crippen LogP contribution >= 0.6 is 0 Å². The standard InChI is InChI=1S/C31H40F3N5O3/c1-30(2,3)23-4-7-26(8-5-23)38-19-21-17-36(18-22(21)20-38)13-12-29(40)37-14-10-24(11-15-37)35-25-6-9-28(39(41)42)27(16-25)31(32,33)34/h4-9,16,21-22,24,35H,10-15,17-20H2,1-3H3. The van der Waals surface area contributed by atoms with Crippen molar-refractivity contribution in [2.24, 2.45) is 11.8 Å². The molecule has 1 N–H and O–H groups in total. The molecule has 3 aliphatic rings. The van der Waals surface area contributed by atoms with Crippen LogP contribution in [0.3, 0.4) is 0 Å². The van der Waals surface area contributed by atoms with Gasteiger partial charge in [0.2, 0.25) is 5.91 Å². The third-order valence-electron chi connectivity index (χ3n) is 9.02. The Morgan fingerprint density at radius 3 is 2.14 bits per heavy atom. The molecule has 2 aromatic rings. The van der Waals surface area contributed by atoms with Crippen LogP contribution in [0.15, 0.2) is 42.5 Å². The number of nitrogens with one attached hydrogen (secondary N) is 1. The quantitative estimate of drug-likeness (QED) is 0.327. The SMILES string of the molecule is CC(C)(C)c1ccc(N2CC3CN(CCC(=O)N4CCC(Nc5ccc([N+](=O)[O-])c(C(F)(F)F)c5)CC4)CC3C2)cc1. The summed E-state index contributed by atoms with van der Waals surface area (Å²) < 4.78 is 39.9. The van der Waals surface area contributed by atoms with Crippen molar-refractivity contribution in [1.29, 1.82) is 0 Å². The van der Waals surface area contributed by atoms with Gasteiger partial charge in [0.15, 0.2) is 0 Å². The first-order chi connectivity index (χ1) is 19.8. The van der Waals surface area contributed by atoms with Gasteiger partial charge in [0.25, 0.3) is 5.69 Å². The first-order valence-electron chi connectivity index (χ1n) is 14.8. The molecule has 2 atom stereocenters. The largest absolute Gasteiger partial charge is 0.423 e. The number of carbonyl (C=O) groups is 1. The van der Waals surface area contributed by atoms with E-state index in [1.807, 2.05) is 4.90 Å². The predicted octanol–water partition coefficient (Wildman–Crippen LogP) is 5.77. The monoisotopic (exact) mass is 587 g/mol. The number of nitrogens with zero attached hydrogens (tertiary/aromatic N) is 4. The van der Waals surface area contributed by atoms with Crippen molar-refractivity contribution in [2.75, 3.05) is 56.0 Å². The Labute approximate surface area is 245 Å². The van der Waals surface area contributed by atoms with E-state index in [0.29, 0.717) is 44.2 Å². The van der Waals surface area contributed by atoms with Gasteiger partial charge < -0.3 is 20.0 Å². The molecule has 0 aromatic heterocycles. The smallest absolute Gasteiger partial charge is 0.382 e. The lowest BCUT2D eigenvalue weighted by Crippen LogP contribution is -2.43. The van der Waals surface area contributed by atoms with Gasteiger partial charge in [-0.2, -0.15) is 13.2 Å². The minimum atomic E-state index is -4.82. The van der Waals surface area contributed by atoms with E-state index < -0.39 is 22.4 Å². The fourth-order valence-corrected chi connectivity index (χ4v) is 6.59. The van der Waals surface area contributed by atoms with E-state index in [2.05, 4.69) is 60.2 Å². The lowest BCUT2D eigenvalue weighted by atomic mass is 9.87. The van der Waals surface area contributed by atoms with Crippen LogP contribution in [0.25, 0.3) is 0 Å². The molecule has 3 fully saturated rings. The summed E-state index contributed by atoms with van der Waals surface area (Å²) in [5.74, 6) is 1.34. The van der Waals surface area contributed by atoms with Crippen LogP contribution in [0.5, 0.6) is 0 Å². The van der Waals surface area contributed by atoms with Gasteiger partial charge in [-0.1, -0.05) is 32.9 Å². The number of nitro benzene ring substituents is 1. The van der Waals surface area contributed by atoms with Crippen molar-refractivity contribution in [3.05, 3.63) is 63.7 Å². The molecule has 8 nitrogen and oxygen atoms in total. The Hall–Kier alpha value is -3.34. The highest BCUT2D eigenvalue weighted by Gasteiger charge is 2.40. The number of hydrogen-bond acceptors (Lipinski definition) is 6. The van der Waals surface area contributed by atoms with Crippen molar-refractivity contribution in [2.45, 2.75) is 57.7 Å². The summed E-state index contributed by atoms with van der Waals surface area (Å²) in [6, 6.07) is 11.8. The number of amides is 1. The second-order valence-electron chi connectivity index (χ2n) is 13.0. The highest BCUT2D eigenvalue weighted by molar-refractivity contribution is 5.76. The Bertz CT molecular complexity index is 1270. The maximum Gasteiger partial charge on any atom is 0.423 e. The van der Waals surface area contributed by atoms with Crippen LogP contribution in [-0.4, -0.2) is 72.5 Å². The second kappa shape index (κ2) is 11.7. The summed E-state index contributed by atoms with van der Waals surface area (Å²) >= 11 is 0. The lowest BCUT2D eigenvalue weighted by molar-refractivity contribution is -0.388. The number of alkyl halides is 3. The van der Waals surface area contributed by atoms with Crippen molar-refractivity contribution < 1.29 is 22.9 Å². The summed E-state index contributed by atoms with van der Waals surface area (Å²) in [6.45, 7) is 12.6. The van der Waals surface area contributed by atoms with Gasteiger partial charge in [-0.25, -0.2) is 0 Å². The highest BCUT2D eigenvalue weighted by Crippen LogP contribution is 2.38. The average molecular weight is 588 g/mol. The Kier molecular flexibility index (Phi) is 8.42. The number of nitro groups is 1. The fourth-order valence-electron chi connectivity index (χ4n) is 6.59. The number of carbonyl (C=O) groups excluding carboxylic acids is 1. The average Bonchev–Trinajstić information content (AvgIpc) is 3.50. The third-order valence-corrected chi connectivity index (χ3v) is 9.02. The molecule has 0 bridgehead atoms. The van der Waals surface area contributed by atoms with Gasteiger partial charge in [-0.3, -0.25) is 14.9 Å². The van der Waals surface area contributed by atoms with E-state index in [1.165, 1.54) is 17.3 Å². The van der Waals surface area contributed by atoms with Crippen LogP contribution < -0.4 is 10.2 Å². The molecule has 2 unspecified atom stereocenters. The number of hydrogen-bond donors (Lipinski definition) is 1. The van der Waals surface area contributed by atoms with Crippen molar-refractivity contribution >= 4 is 23.0 Å². The van der Waals surface area contributed by atoms with Gasteiger partial charge in [0.05, 0.1) is 4.92 Å². The molecule has 0 saturated carbocycles. The van der Waals surface area contributed by atoms with Crippen LogP contribution in [0.4, 0.5) is 30.2 Å².